The molecule has 1 amide bonds. The molecule has 19 heavy (non-hydrogen) atoms. The Balaban J connectivity index is 2.27. The van der Waals surface area contributed by atoms with Gasteiger partial charge in [-0.15, -0.1) is 0 Å². The van der Waals surface area contributed by atoms with Gasteiger partial charge in [0.1, 0.15) is 5.82 Å². The smallest absolute Gasteiger partial charge is 0.264 e. The van der Waals surface area contributed by atoms with Crippen molar-refractivity contribution in [1.82, 2.24) is 10.0 Å². The first-order valence-corrected chi connectivity index (χ1v) is 6.50. The van der Waals surface area contributed by atoms with E-state index in [1.807, 2.05) is 32.0 Å². The van der Waals surface area contributed by atoms with Gasteiger partial charge in [-0.25, -0.2) is 9.40 Å². The van der Waals surface area contributed by atoms with Gasteiger partial charge in [-0.05, 0) is 38.0 Å². The van der Waals surface area contributed by atoms with E-state index in [1.165, 1.54) is 12.1 Å². The Hall–Kier alpha value is -1.68. The quantitative estimate of drug-likeness (QED) is 0.765. The zero-order chi connectivity index (χ0) is 14.0. The van der Waals surface area contributed by atoms with Crippen LogP contribution >= 0.6 is 0 Å². The van der Waals surface area contributed by atoms with Gasteiger partial charge in [0.05, 0.1) is 6.04 Å². The molecule has 1 aliphatic rings. The molecule has 1 aromatic carbocycles. The maximum Gasteiger partial charge on any atom is 0.264 e. The second kappa shape index (κ2) is 5.53. The summed E-state index contributed by atoms with van der Waals surface area (Å²) in [5.41, 5.74) is 1.77. The number of amides is 1. The SMILES string of the molecule is C/C=C1\CCN(C)N(C(C)c2ccc(F)cc2)C1=O. The third-order valence-electron chi connectivity index (χ3n) is 3.62. The molecule has 1 unspecified atom stereocenters. The molecule has 3 nitrogen and oxygen atoms in total. The van der Waals surface area contributed by atoms with E-state index in [4.69, 9.17) is 0 Å². The van der Waals surface area contributed by atoms with E-state index in [9.17, 15) is 9.18 Å². The number of benzene rings is 1. The van der Waals surface area contributed by atoms with Crippen LogP contribution in [0.25, 0.3) is 0 Å². The van der Waals surface area contributed by atoms with E-state index in [1.54, 1.807) is 17.1 Å². The van der Waals surface area contributed by atoms with Crippen LogP contribution in [0, 0.1) is 5.82 Å². The normalized spacial score (nSPS) is 20.9. The van der Waals surface area contributed by atoms with Gasteiger partial charge >= 0.3 is 0 Å². The van der Waals surface area contributed by atoms with Crippen molar-refractivity contribution < 1.29 is 9.18 Å². The van der Waals surface area contributed by atoms with Crippen molar-refractivity contribution in [2.24, 2.45) is 0 Å². The first kappa shape index (κ1) is 13.7. The maximum atomic E-state index is 13.0. The van der Waals surface area contributed by atoms with Crippen molar-refractivity contribution >= 4 is 5.91 Å². The van der Waals surface area contributed by atoms with Gasteiger partial charge in [0.25, 0.3) is 5.91 Å². The van der Waals surface area contributed by atoms with E-state index < -0.39 is 0 Å². The predicted octanol–water partition coefficient (Wildman–Crippen LogP) is 2.91. The fraction of sp³-hybridized carbons (Fsp3) is 0.400. The van der Waals surface area contributed by atoms with Crippen molar-refractivity contribution in [1.29, 1.82) is 0 Å². The largest absolute Gasteiger partial charge is 0.268 e. The van der Waals surface area contributed by atoms with Crippen LogP contribution in [0.2, 0.25) is 0 Å². The molecule has 0 aromatic heterocycles. The van der Waals surface area contributed by atoms with E-state index in [2.05, 4.69) is 0 Å². The maximum absolute atomic E-state index is 13.0. The summed E-state index contributed by atoms with van der Waals surface area (Å²) in [4.78, 5) is 12.4. The highest BCUT2D eigenvalue weighted by atomic mass is 19.1. The third-order valence-corrected chi connectivity index (χ3v) is 3.62. The van der Waals surface area contributed by atoms with Gasteiger partial charge in [0.15, 0.2) is 0 Å². The summed E-state index contributed by atoms with van der Waals surface area (Å²) in [6, 6.07) is 6.21. The van der Waals surface area contributed by atoms with E-state index in [0.29, 0.717) is 0 Å². The first-order chi connectivity index (χ1) is 9.04. The van der Waals surface area contributed by atoms with Crippen molar-refractivity contribution in [3.8, 4) is 0 Å². The Labute approximate surface area is 113 Å². The van der Waals surface area contributed by atoms with Crippen LogP contribution in [-0.4, -0.2) is 29.5 Å². The number of hydrogen-bond donors (Lipinski definition) is 0. The average Bonchev–Trinajstić information content (AvgIpc) is 2.39. The van der Waals surface area contributed by atoms with Gasteiger partial charge < -0.3 is 0 Å². The second-order valence-electron chi connectivity index (χ2n) is 4.82. The molecule has 0 N–H and O–H groups in total. The number of carbonyl (C=O) groups excluding carboxylic acids is 1. The second-order valence-corrected chi connectivity index (χ2v) is 4.82. The van der Waals surface area contributed by atoms with Crippen LogP contribution < -0.4 is 0 Å². The molecule has 0 spiro atoms. The summed E-state index contributed by atoms with van der Waals surface area (Å²) in [6.07, 6.45) is 2.65. The van der Waals surface area contributed by atoms with Gasteiger partial charge in [-0.3, -0.25) is 9.80 Å². The lowest BCUT2D eigenvalue weighted by Crippen LogP contribution is -2.50. The van der Waals surface area contributed by atoms with Crippen molar-refractivity contribution in [3.05, 3.63) is 47.3 Å². The minimum Gasteiger partial charge on any atom is -0.268 e. The predicted molar refractivity (Wildman–Crippen MR) is 72.7 cm³/mol. The minimum atomic E-state index is -0.261. The third kappa shape index (κ3) is 2.68. The topological polar surface area (TPSA) is 23.6 Å². The summed E-state index contributed by atoms with van der Waals surface area (Å²) >= 11 is 0. The fourth-order valence-corrected chi connectivity index (χ4v) is 2.42. The standard InChI is InChI=1S/C15H19FN2O/c1-4-12-9-10-17(3)18(15(12)19)11(2)13-5-7-14(16)8-6-13/h4-8,11H,9-10H2,1-3H3/b12-4+. The van der Waals surface area contributed by atoms with Crippen LogP contribution in [0.4, 0.5) is 4.39 Å². The molecule has 1 aromatic rings. The molecule has 1 saturated heterocycles. The molecule has 1 heterocycles. The molecule has 102 valence electrons. The van der Waals surface area contributed by atoms with E-state index in [0.717, 1.165) is 24.1 Å². The molecule has 4 heteroatoms. The minimum absolute atomic E-state index is 0.0353. The lowest BCUT2D eigenvalue weighted by Gasteiger charge is -2.41. The Morgan fingerprint density at radius 1 is 1.32 bits per heavy atom. The summed E-state index contributed by atoms with van der Waals surface area (Å²) in [7, 11) is 1.91. The molecule has 1 atom stereocenters. The molecule has 0 saturated carbocycles. The fourth-order valence-electron chi connectivity index (χ4n) is 2.42. The number of carbonyl (C=O) groups is 1. The Morgan fingerprint density at radius 3 is 2.53 bits per heavy atom. The zero-order valence-electron chi connectivity index (χ0n) is 11.6. The molecular weight excluding hydrogens is 243 g/mol. The van der Waals surface area contributed by atoms with Gasteiger partial charge in [0, 0.05) is 19.2 Å². The molecule has 1 aliphatic heterocycles. The number of hydrazine groups is 1. The van der Waals surface area contributed by atoms with Crippen molar-refractivity contribution in [2.75, 3.05) is 13.6 Å². The molecule has 1 fully saturated rings. The Kier molecular flexibility index (Phi) is 4.00. The van der Waals surface area contributed by atoms with Crippen LogP contribution in [0.5, 0.6) is 0 Å². The Morgan fingerprint density at radius 2 is 1.95 bits per heavy atom. The van der Waals surface area contributed by atoms with Crippen LogP contribution in [0.3, 0.4) is 0 Å². The molecular formula is C15H19FN2O. The number of rotatable bonds is 2. The summed E-state index contributed by atoms with van der Waals surface area (Å²) in [5, 5.41) is 3.68. The number of hydrogen-bond acceptors (Lipinski definition) is 2. The molecule has 2 rings (SSSR count). The molecule has 0 aliphatic carbocycles. The highest BCUT2D eigenvalue weighted by Gasteiger charge is 2.31. The number of nitrogens with zero attached hydrogens (tertiary/aromatic N) is 2. The first-order valence-electron chi connectivity index (χ1n) is 6.50. The zero-order valence-corrected chi connectivity index (χ0v) is 11.6. The monoisotopic (exact) mass is 262 g/mol. The van der Waals surface area contributed by atoms with Crippen LogP contribution in [-0.2, 0) is 4.79 Å². The summed E-state index contributed by atoms with van der Waals surface area (Å²) < 4.78 is 13.0. The summed E-state index contributed by atoms with van der Waals surface area (Å²) in [5.74, 6) is -0.225. The molecule has 0 radical (unpaired) electrons. The highest BCUT2D eigenvalue weighted by Crippen LogP contribution is 2.27. The average molecular weight is 262 g/mol. The van der Waals surface area contributed by atoms with Gasteiger partial charge in [-0.1, -0.05) is 18.2 Å². The number of halogens is 1. The summed E-state index contributed by atoms with van der Waals surface area (Å²) in [6.45, 7) is 4.66. The van der Waals surface area contributed by atoms with Crippen molar-refractivity contribution in [3.63, 3.8) is 0 Å². The lowest BCUT2D eigenvalue weighted by molar-refractivity contribution is -0.151. The van der Waals surface area contributed by atoms with Crippen LogP contribution in [0.15, 0.2) is 35.9 Å². The number of allylic oxidation sites excluding steroid dienone is 1. The van der Waals surface area contributed by atoms with Crippen molar-refractivity contribution in [2.45, 2.75) is 26.3 Å². The molecule has 0 bridgehead atoms. The highest BCUT2D eigenvalue weighted by molar-refractivity contribution is 5.94. The van der Waals surface area contributed by atoms with E-state index in [-0.39, 0.29) is 17.8 Å². The van der Waals surface area contributed by atoms with Gasteiger partial charge in [-0.2, -0.15) is 0 Å². The van der Waals surface area contributed by atoms with Crippen LogP contribution in [0.1, 0.15) is 31.9 Å². The lowest BCUT2D eigenvalue weighted by atomic mass is 10.0. The van der Waals surface area contributed by atoms with E-state index >= 15 is 0 Å². The Bertz CT molecular complexity index is 495. The van der Waals surface area contributed by atoms with Gasteiger partial charge in [0.2, 0.25) is 0 Å².